The van der Waals surface area contributed by atoms with Gasteiger partial charge in [0.1, 0.15) is 5.69 Å². The van der Waals surface area contributed by atoms with Crippen molar-refractivity contribution < 1.29 is 9.53 Å². The van der Waals surface area contributed by atoms with Gasteiger partial charge >= 0.3 is 0 Å². The van der Waals surface area contributed by atoms with E-state index in [1.807, 2.05) is 55.2 Å². The molecule has 0 N–H and O–H groups in total. The zero-order chi connectivity index (χ0) is 15.5. The minimum atomic E-state index is 0.357. The number of rotatable bonds is 5. The van der Waals surface area contributed by atoms with Crippen LogP contribution in [-0.4, -0.2) is 21.1 Å². The lowest BCUT2D eigenvalue weighted by Crippen LogP contribution is -2.02. The number of fused-ring (bicyclic) bond motifs is 1. The van der Waals surface area contributed by atoms with Gasteiger partial charge in [-0.2, -0.15) is 5.10 Å². The van der Waals surface area contributed by atoms with Crippen LogP contribution < -0.4 is 0 Å². The molecule has 0 spiro atoms. The number of aryl methyl sites for hydroxylation is 2. The number of carbonyl (C=O) groups excluding carboxylic acids is 1. The maximum absolute atomic E-state index is 11.1. The quantitative estimate of drug-likeness (QED) is 0.679. The number of aldehydes is 1. The molecular weight excluding hydrogens is 278 g/mol. The van der Waals surface area contributed by atoms with E-state index in [1.54, 1.807) is 0 Å². The lowest BCUT2D eigenvalue weighted by molar-refractivity contribution is 0.103. The Morgan fingerprint density at radius 3 is 2.82 bits per heavy atom. The summed E-state index contributed by atoms with van der Waals surface area (Å²) in [6.45, 7) is 2.68. The molecule has 0 saturated heterocycles. The van der Waals surface area contributed by atoms with E-state index < -0.39 is 0 Å². The predicted molar refractivity (Wildman–Crippen MR) is 83.6 cm³/mol. The molecule has 112 valence electrons. The Labute approximate surface area is 128 Å². The van der Waals surface area contributed by atoms with Gasteiger partial charge in [0.2, 0.25) is 0 Å². The lowest BCUT2D eigenvalue weighted by Gasteiger charge is -2.08. The van der Waals surface area contributed by atoms with E-state index in [1.165, 1.54) is 0 Å². The van der Waals surface area contributed by atoms with E-state index in [9.17, 15) is 4.79 Å². The fraction of sp³-hybridized carbons (Fsp3) is 0.235. The summed E-state index contributed by atoms with van der Waals surface area (Å²) in [4.78, 5) is 15.3. The minimum absolute atomic E-state index is 0.357. The first kappa shape index (κ1) is 14.4. The van der Waals surface area contributed by atoms with Gasteiger partial charge in [-0.3, -0.25) is 9.48 Å². The van der Waals surface area contributed by atoms with Crippen molar-refractivity contribution in [1.82, 2.24) is 14.8 Å². The second-order valence-corrected chi connectivity index (χ2v) is 5.23. The van der Waals surface area contributed by atoms with Gasteiger partial charge in [-0.25, -0.2) is 4.98 Å². The number of aromatic nitrogens is 3. The molecule has 0 radical (unpaired) electrons. The summed E-state index contributed by atoms with van der Waals surface area (Å²) in [5.41, 5.74) is 4.22. The van der Waals surface area contributed by atoms with Crippen LogP contribution in [0.2, 0.25) is 0 Å². The van der Waals surface area contributed by atoms with Crippen LogP contribution in [0.15, 0.2) is 36.5 Å². The third-order valence-electron chi connectivity index (χ3n) is 3.62. The van der Waals surface area contributed by atoms with Gasteiger partial charge in [0.25, 0.3) is 0 Å². The van der Waals surface area contributed by atoms with Crippen molar-refractivity contribution in [3.63, 3.8) is 0 Å². The number of benzene rings is 1. The highest BCUT2D eigenvalue weighted by molar-refractivity contribution is 5.81. The number of carbonyl (C=O) groups is 1. The van der Waals surface area contributed by atoms with Crippen LogP contribution >= 0.6 is 0 Å². The number of hydrogen-bond donors (Lipinski definition) is 0. The molecule has 3 aromatic rings. The highest BCUT2D eigenvalue weighted by atomic mass is 16.5. The molecule has 3 rings (SSSR count). The Morgan fingerprint density at radius 1 is 1.18 bits per heavy atom. The molecule has 0 aliphatic heterocycles. The van der Waals surface area contributed by atoms with Crippen LogP contribution in [0.25, 0.3) is 10.9 Å². The van der Waals surface area contributed by atoms with Crippen molar-refractivity contribution in [2.24, 2.45) is 7.05 Å². The zero-order valence-corrected chi connectivity index (χ0v) is 12.6. The summed E-state index contributed by atoms with van der Waals surface area (Å²) in [6.07, 6.45) is 2.61. The van der Waals surface area contributed by atoms with Gasteiger partial charge in [0.15, 0.2) is 6.29 Å². The summed E-state index contributed by atoms with van der Waals surface area (Å²) >= 11 is 0. The standard InChI is InChI=1S/C17H17N3O2/c1-12-6-7-14(16(9-21)19-12)10-22-11-15-5-3-4-13-8-18-20(2)17(13)15/h3-9H,10-11H2,1-2H3. The Bertz CT molecular complexity index is 824. The van der Waals surface area contributed by atoms with Gasteiger partial charge in [0, 0.05) is 29.3 Å². The Morgan fingerprint density at radius 2 is 2.00 bits per heavy atom. The third-order valence-corrected chi connectivity index (χ3v) is 3.62. The third kappa shape index (κ3) is 2.76. The van der Waals surface area contributed by atoms with E-state index in [2.05, 4.69) is 10.1 Å². The molecule has 1 aromatic carbocycles. The van der Waals surface area contributed by atoms with Gasteiger partial charge in [-0.15, -0.1) is 0 Å². The smallest absolute Gasteiger partial charge is 0.168 e. The first-order valence-electron chi connectivity index (χ1n) is 7.08. The largest absolute Gasteiger partial charge is 0.372 e. The topological polar surface area (TPSA) is 57.0 Å². The lowest BCUT2D eigenvalue weighted by atomic mass is 10.1. The van der Waals surface area contributed by atoms with Crippen molar-refractivity contribution in [2.45, 2.75) is 20.1 Å². The van der Waals surface area contributed by atoms with E-state index in [0.717, 1.165) is 34.0 Å². The summed E-state index contributed by atoms with van der Waals surface area (Å²) in [5.74, 6) is 0. The summed E-state index contributed by atoms with van der Waals surface area (Å²) in [5, 5.41) is 5.36. The van der Waals surface area contributed by atoms with Crippen LogP contribution in [0.1, 0.15) is 27.3 Å². The first-order valence-corrected chi connectivity index (χ1v) is 7.08. The van der Waals surface area contributed by atoms with Crippen molar-refractivity contribution in [3.05, 3.63) is 59.0 Å². The second-order valence-electron chi connectivity index (χ2n) is 5.23. The van der Waals surface area contributed by atoms with Gasteiger partial charge in [0.05, 0.1) is 24.9 Å². The maximum atomic E-state index is 11.1. The Balaban J connectivity index is 1.75. The second kappa shape index (κ2) is 6.07. The van der Waals surface area contributed by atoms with Crippen LogP contribution in [0.3, 0.4) is 0 Å². The number of para-hydroxylation sites is 1. The molecule has 0 aliphatic carbocycles. The van der Waals surface area contributed by atoms with Crippen molar-refractivity contribution in [1.29, 1.82) is 0 Å². The normalized spacial score (nSPS) is 11.0. The summed E-state index contributed by atoms with van der Waals surface area (Å²) in [6, 6.07) is 9.81. The molecule has 5 nitrogen and oxygen atoms in total. The van der Waals surface area contributed by atoms with Gasteiger partial charge in [-0.1, -0.05) is 24.3 Å². The summed E-state index contributed by atoms with van der Waals surface area (Å²) < 4.78 is 7.63. The van der Waals surface area contributed by atoms with E-state index in [0.29, 0.717) is 18.9 Å². The van der Waals surface area contributed by atoms with Crippen LogP contribution in [0, 0.1) is 6.92 Å². The van der Waals surface area contributed by atoms with Crippen LogP contribution in [0.4, 0.5) is 0 Å². The average molecular weight is 295 g/mol. The number of ether oxygens (including phenoxy) is 1. The molecule has 22 heavy (non-hydrogen) atoms. The molecule has 0 fully saturated rings. The van der Waals surface area contributed by atoms with Crippen LogP contribution in [-0.2, 0) is 25.0 Å². The fourth-order valence-electron chi connectivity index (χ4n) is 2.53. The Kier molecular flexibility index (Phi) is 3.98. The highest BCUT2D eigenvalue weighted by Crippen LogP contribution is 2.19. The SMILES string of the molecule is Cc1ccc(COCc2cccc3cnn(C)c23)c(C=O)n1. The molecule has 0 unspecified atom stereocenters. The molecule has 2 aromatic heterocycles. The molecule has 2 heterocycles. The zero-order valence-electron chi connectivity index (χ0n) is 12.6. The monoisotopic (exact) mass is 295 g/mol. The van der Waals surface area contributed by atoms with Gasteiger partial charge < -0.3 is 4.74 Å². The van der Waals surface area contributed by atoms with E-state index in [4.69, 9.17) is 4.74 Å². The van der Waals surface area contributed by atoms with Crippen LogP contribution in [0.5, 0.6) is 0 Å². The number of hydrogen-bond acceptors (Lipinski definition) is 4. The van der Waals surface area contributed by atoms with E-state index >= 15 is 0 Å². The molecule has 0 saturated carbocycles. The van der Waals surface area contributed by atoms with E-state index in [-0.39, 0.29) is 0 Å². The Hall–Kier alpha value is -2.53. The van der Waals surface area contributed by atoms with Crippen molar-refractivity contribution >= 4 is 17.2 Å². The average Bonchev–Trinajstić information content (AvgIpc) is 2.91. The number of pyridine rings is 1. The predicted octanol–water partition coefficient (Wildman–Crippen LogP) is 2.81. The van der Waals surface area contributed by atoms with Crippen molar-refractivity contribution in [3.8, 4) is 0 Å². The van der Waals surface area contributed by atoms with Gasteiger partial charge in [-0.05, 0) is 13.0 Å². The maximum Gasteiger partial charge on any atom is 0.168 e. The van der Waals surface area contributed by atoms with Crippen molar-refractivity contribution in [2.75, 3.05) is 0 Å². The highest BCUT2D eigenvalue weighted by Gasteiger charge is 2.07. The number of nitrogens with zero attached hydrogens (tertiary/aromatic N) is 3. The summed E-state index contributed by atoms with van der Waals surface area (Å²) in [7, 11) is 1.92. The molecule has 0 atom stereocenters. The molecule has 0 aliphatic rings. The molecule has 5 heteroatoms. The fourth-order valence-corrected chi connectivity index (χ4v) is 2.53. The molecule has 0 amide bonds. The first-order chi connectivity index (χ1) is 10.7. The minimum Gasteiger partial charge on any atom is -0.372 e. The molecular formula is C17H17N3O2. The molecule has 0 bridgehead atoms.